The zero-order chi connectivity index (χ0) is 15.2. The molecule has 20 heavy (non-hydrogen) atoms. The van der Waals surface area contributed by atoms with E-state index in [1.165, 1.54) is 77.0 Å². The average molecular weight is 284 g/mol. The summed E-state index contributed by atoms with van der Waals surface area (Å²) in [4.78, 5) is 9.00. The Hall–Kier alpha value is -0.530. The Balaban J connectivity index is 0.000000289. The summed E-state index contributed by atoms with van der Waals surface area (Å²) in [5, 5.41) is 7.42. The Kier molecular flexibility index (Phi) is 13.1. The molecule has 2 saturated carbocycles. The molecule has 2 aliphatic rings. The van der Waals surface area contributed by atoms with E-state index in [1.807, 2.05) is 0 Å². The van der Waals surface area contributed by atoms with Crippen molar-refractivity contribution in [2.45, 2.75) is 97.8 Å². The summed E-state index contributed by atoms with van der Waals surface area (Å²) in [5.74, 6) is 1.34. The molecule has 120 valence electrons. The average Bonchev–Trinajstić information content (AvgIpc) is 2.49. The molecule has 1 N–H and O–H groups in total. The second-order valence-corrected chi connectivity index (χ2v) is 6.34. The quantitative estimate of drug-likeness (QED) is 0.670. The van der Waals surface area contributed by atoms with Crippen LogP contribution in [0, 0.1) is 11.8 Å². The fourth-order valence-electron chi connectivity index (χ4n) is 3.19. The second-order valence-electron chi connectivity index (χ2n) is 6.34. The number of carbonyl (C=O) groups is 1. The summed E-state index contributed by atoms with van der Waals surface area (Å²) in [6.07, 6.45) is 17.9. The maximum atomic E-state index is 9.00. The van der Waals surface area contributed by atoms with Crippen molar-refractivity contribution in [3.05, 3.63) is 0 Å². The van der Waals surface area contributed by atoms with Crippen LogP contribution < -0.4 is 0 Å². The highest BCUT2D eigenvalue weighted by Crippen LogP contribution is 2.26. The summed E-state index contributed by atoms with van der Waals surface area (Å²) < 4.78 is 0. The molecule has 2 nitrogen and oxygen atoms in total. The third kappa shape index (κ3) is 12.5. The lowest BCUT2D eigenvalue weighted by molar-refractivity contribution is -0.134. The number of aliphatic carboxylic acids is 1. The summed E-state index contributed by atoms with van der Waals surface area (Å²) in [5.41, 5.74) is 0. The fraction of sp³-hybridized carbons (Fsp3) is 0.944. The molecule has 0 heterocycles. The van der Waals surface area contributed by atoms with E-state index < -0.39 is 5.97 Å². The van der Waals surface area contributed by atoms with Crippen LogP contribution >= 0.6 is 0 Å². The number of carboxylic acid groups (broad SMARTS) is 1. The van der Waals surface area contributed by atoms with E-state index in [0.29, 0.717) is 0 Å². The number of hydrogen-bond acceptors (Lipinski definition) is 1. The summed E-state index contributed by atoms with van der Waals surface area (Å²) in [6.45, 7) is 5.71. The molecule has 0 atom stereocenters. The van der Waals surface area contributed by atoms with E-state index >= 15 is 0 Å². The fourth-order valence-corrected chi connectivity index (χ4v) is 3.19. The van der Waals surface area contributed by atoms with Crippen molar-refractivity contribution in [1.29, 1.82) is 0 Å². The minimum Gasteiger partial charge on any atom is -0.481 e. The Morgan fingerprint density at radius 3 is 1.20 bits per heavy atom. The van der Waals surface area contributed by atoms with Gasteiger partial charge in [0.05, 0.1) is 0 Å². The van der Waals surface area contributed by atoms with Gasteiger partial charge in [-0.05, 0) is 11.8 Å². The molecule has 0 spiro atoms. The molecular weight excluding hydrogens is 248 g/mol. The van der Waals surface area contributed by atoms with E-state index in [4.69, 9.17) is 9.90 Å². The van der Waals surface area contributed by atoms with Crippen molar-refractivity contribution in [2.24, 2.45) is 11.8 Å². The lowest BCUT2D eigenvalue weighted by Crippen LogP contribution is -2.03. The highest BCUT2D eigenvalue weighted by atomic mass is 16.4. The van der Waals surface area contributed by atoms with Crippen LogP contribution in [-0.4, -0.2) is 11.1 Å². The van der Waals surface area contributed by atoms with Gasteiger partial charge < -0.3 is 5.11 Å². The first kappa shape index (κ1) is 19.5. The zero-order valence-electron chi connectivity index (χ0n) is 14.0. The Bertz CT molecular complexity index is 191. The summed E-state index contributed by atoms with van der Waals surface area (Å²) in [6, 6.07) is 0. The Labute approximate surface area is 126 Å². The van der Waals surface area contributed by atoms with Crippen molar-refractivity contribution in [1.82, 2.24) is 0 Å². The molecule has 0 saturated heterocycles. The van der Waals surface area contributed by atoms with Crippen LogP contribution in [0.4, 0.5) is 0 Å². The molecule has 2 rings (SSSR count). The van der Waals surface area contributed by atoms with Crippen molar-refractivity contribution >= 4 is 5.97 Å². The molecular formula is C18H36O2. The monoisotopic (exact) mass is 284 g/mol. The maximum absolute atomic E-state index is 9.00. The normalized spacial score (nSPS) is 20.1. The molecule has 0 bridgehead atoms. The van der Waals surface area contributed by atoms with Crippen LogP contribution in [-0.2, 0) is 4.79 Å². The molecule has 2 fully saturated rings. The van der Waals surface area contributed by atoms with E-state index in [9.17, 15) is 0 Å². The number of carboxylic acids is 1. The molecule has 0 aliphatic heterocycles. The van der Waals surface area contributed by atoms with Gasteiger partial charge in [0.15, 0.2) is 0 Å². The largest absolute Gasteiger partial charge is 0.481 e. The van der Waals surface area contributed by atoms with E-state index in [2.05, 4.69) is 13.8 Å². The first-order valence-corrected chi connectivity index (χ1v) is 8.79. The van der Waals surface area contributed by atoms with Gasteiger partial charge in [0, 0.05) is 6.92 Å². The van der Waals surface area contributed by atoms with Crippen LogP contribution in [0.3, 0.4) is 0 Å². The van der Waals surface area contributed by atoms with Gasteiger partial charge in [-0.25, -0.2) is 0 Å². The van der Waals surface area contributed by atoms with Gasteiger partial charge in [-0.15, -0.1) is 0 Å². The minimum atomic E-state index is -0.833. The molecule has 0 aromatic carbocycles. The Morgan fingerprint density at radius 1 is 0.800 bits per heavy atom. The van der Waals surface area contributed by atoms with Gasteiger partial charge in [0.25, 0.3) is 5.97 Å². The smallest absolute Gasteiger partial charge is 0.300 e. The third-order valence-electron chi connectivity index (χ3n) is 4.60. The van der Waals surface area contributed by atoms with Crippen molar-refractivity contribution in [3.8, 4) is 0 Å². The first-order chi connectivity index (χ1) is 9.60. The van der Waals surface area contributed by atoms with Gasteiger partial charge >= 0.3 is 0 Å². The van der Waals surface area contributed by atoms with Crippen LogP contribution in [0.1, 0.15) is 97.8 Å². The zero-order valence-corrected chi connectivity index (χ0v) is 14.0. The molecule has 2 heteroatoms. The molecule has 2 aliphatic carbocycles. The van der Waals surface area contributed by atoms with E-state index in [1.54, 1.807) is 0 Å². The first-order valence-electron chi connectivity index (χ1n) is 8.79. The maximum Gasteiger partial charge on any atom is 0.300 e. The molecule has 0 aromatic heterocycles. The minimum absolute atomic E-state index is 0.833. The van der Waals surface area contributed by atoms with Gasteiger partial charge in [-0.2, -0.15) is 0 Å². The lowest BCUT2D eigenvalue weighted by atomic mass is 9.88. The van der Waals surface area contributed by atoms with Crippen LogP contribution in [0.25, 0.3) is 0 Å². The highest BCUT2D eigenvalue weighted by molar-refractivity contribution is 5.62. The van der Waals surface area contributed by atoms with Gasteiger partial charge in [-0.1, -0.05) is 90.9 Å². The van der Waals surface area contributed by atoms with E-state index in [-0.39, 0.29) is 0 Å². The van der Waals surface area contributed by atoms with E-state index in [0.717, 1.165) is 18.8 Å². The molecule has 0 unspecified atom stereocenters. The number of rotatable bonds is 2. The second kappa shape index (κ2) is 13.5. The summed E-state index contributed by atoms with van der Waals surface area (Å²) in [7, 11) is 0. The van der Waals surface area contributed by atoms with Gasteiger partial charge in [0.1, 0.15) is 0 Å². The Morgan fingerprint density at radius 2 is 1.05 bits per heavy atom. The van der Waals surface area contributed by atoms with Crippen molar-refractivity contribution in [3.63, 3.8) is 0 Å². The van der Waals surface area contributed by atoms with Crippen LogP contribution in [0.2, 0.25) is 0 Å². The van der Waals surface area contributed by atoms with Crippen molar-refractivity contribution < 1.29 is 9.90 Å². The topological polar surface area (TPSA) is 37.3 Å². The van der Waals surface area contributed by atoms with Gasteiger partial charge in [0.2, 0.25) is 0 Å². The molecule has 0 amide bonds. The lowest BCUT2D eigenvalue weighted by Gasteiger charge is -2.18. The molecule has 0 aromatic rings. The van der Waals surface area contributed by atoms with Crippen LogP contribution in [0.15, 0.2) is 0 Å². The predicted octanol–water partition coefficient (Wildman–Crippen LogP) is 6.04. The van der Waals surface area contributed by atoms with Crippen molar-refractivity contribution in [2.75, 3.05) is 0 Å². The van der Waals surface area contributed by atoms with Crippen LogP contribution in [0.5, 0.6) is 0 Å². The summed E-state index contributed by atoms with van der Waals surface area (Å²) >= 11 is 0. The standard InChI is InChI=1S/2C8H16.C2H4O2/c2*1-2-8-6-4-3-5-7-8;1-2(3)4/h2*8H,2-7H2,1H3;1H3,(H,3,4). The van der Waals surface area contributed by atoms with Gasteiger partial charge in [-0.3, -0.25) is 4.79 Å². The molecule has 0 radical (unpaired) electrons. The highest BCUT2D eigenvalue weighted by Gasteiger charge is 2.10. The predicted molar refractivity (Wildman–Crippen MR) is 87.0 cm³/mol. The third-order valence-corrected chi connectivity index (χ3v) is 4.60. The number of hydrogen-bond donors (Lipinski definition) is 1. The SMILES string of the molecule is CC(=O)O.CCC1CCCCC1.CCC1CCCCC1.